The Hall–Kier alpha value is -3.36. The van der Waals surface area contributed by atoms with Crippen LogP contribution in [0.25, 0.3) is 11.0 Å². The van der Waals surface area contributed by atoms with Gasteiger partial charge < -0.3 is 10.1 Å². The lowest BCUT2D eigenvalue weighted by molar-refractivity contribution is -0.119. The third-order valence-electron chi connectivity index (χ3n) is 4.42. The molecule has 9 heteroatoms. The summed E-state index contributed by atoms with van der Waals surface area (Å²) < 4.78 is 33.7. The molecule has 1 amide bonds. The van der Waals surface area contributed by atoms with Crippen LogP contribution in [0.4, 0.5) is 14.5 Å². The Balaban J connectivity index is 1.81. The number of hydrogen-bond acceptors (Lipinski definition) is 5. The number of carbonyl (C=O) groups excluding carboxylic acids is 2. The van der Waals surface area contributed by atoms with Crippen LogP contribution >= 0.6 is 0 Å². The van der Waals surface area contributed by atoms with E-state index in [1.54, 1.807) is 10.7 Å². The molecule has 3 aromatic rings. The number of amides is 1. The average Bonchev–Trinajstić information content (AvgIpc) is 3.12. The minimum Gasteiger partial charge on any atom is -0.452 e. The summed E-state index contributed by atoms with van der Waals surface area (Å²) in [6.45, 7) is 7.13. The molecular weight excluding hydrogens is 394 g/mol. The minimum absolute atomic E-state index is 0.0354. The molecule has 3 rings (SSSR count). The second-order valence-electron chi connectivity index (χ2n) is 7.42. The van der Waals surface area contributed by atoms with Crippen molar-refractivity contribution >= 4 is 28.6 Å². The average molecular weight is 416 g/mol. The van der Waals surface area contributed by atoms with Crippen molar-refractivity contribution in [3.63, 3.8) is 0 Å². The predicted molar refractivity (Wildman–Crippen MR) is 107 cm³/mol. The van der Waals surface area contributed by atoms with Crippen molar-refractivity contribution in [1.82, 2.24) is 14.8 Å². The number of aromatic nitrogens is 3. The molecule has 0 saturated heterocycles. The number of fused-ring (bicyclic) bond motifs is 1. The first-order valence-electron chi connectivity index (χ1n) is 9.47. The van der Waals surface area contributed by atoms with E-state index in [-0.39, 0.29) is 23.2 Å². The summed E-state index contributed by atoms with van der Waals surface area (Å²) in [7, 11) is 0. The van der Waals surface area contributed by atoms with Gasteiger partial charge in [-0.1, -0.05) is 13.8 Å². The first kappa shape index (κ1) is 21.4. The van der Waals surface area contributed by atoms with E-state index in [4.69, 9.17) is 4.74 Å². The minimum atomic E-state index is -0.797. The highest BCUT2D eigenvalue weighted by molar-refractivity contribution is 6.03. The van der Waals surface area contributed by atoms with Crippen molar-refractivity contribution in [3.8, 4) is 0 Å². The second-order valence-corrected chi connectivity index (χ2v) is 7.42. The topological polar surface area (TPSA) is 86.1 Å². The second kappa shape index (κ2) is 8.56. The Morgan fingerprint density at radius 3 is 2.57 bits per heavy atom. The summed E-state index contributed by atoms with van der Waals surface area (Å²) in [5.41, 5.74) is 1.14. The third-order valence-corrected chi connectivity index (χ3v) is 4.42. The lowest BCUT2D eigenvalue weighted by Gasteiger charge is -2.12. The van der Waals surface area contributed by atoms with E-state index in [0.717, 1.165) is 18.2 Å². The molecule has 0 bridgehead atoms. The lowest BCUT2D eigenvalue weighted by Crippen LogP contribution is -2.22. The van der Waals surface area contributed by atoms with E-state index in [1.165, 1.54) is 6.20 Å². The number of carbonyl (C=O) groups is 2. The highest BCUT2D eigenvalue weighted by atomic mass is 19.1. The van der Waals surface area contributed by atoms with Gasteiger partial charge in [-0.05, 0) is 38.0 Å². The quantitative estimate of drug-likeness (QED) is 0.609. The predicted octanol–water partition coefficient (Wildman–Crippen LogP) is 4.21. The van der Waals surface area contributed by atoms with Gasteiger partial charge in [-0.15, -0.1) is 0 Å². The van der Waals surface area contributed by atoms with Gasteiger partial charge >= 0.3 is 5.97 Å². The molecular formula is C21H22F2N4O3. The molecule has 1 N–H and O–H groups in total. The summed E-state index contributed by atoms with van der Waals surface area (Å²) in [5.74, 6) is -2.97. The zero-order valence-corrected chi connectivity index (χ0v) is 17.1. The van der Waals surface area contributed by atoms with Crippen molar-refractivity contribution in [1.29, 1.82) is 0 Å². The molecule has 2 heterocycles. The summed E-state index contributed by atoms with van der Waals surface area (Å²) >= 11 is 0. The number of rotatable bonds is 6. The molecule has 0 aliphatic rings. The fourth-order valence-corrected chi connectivity index (χ4v) is 2.87. The summed E-state index contributed by atoms with van der Waals surface area (Å²) in [4.78, 5) is 29.3. The maximum atomic E-state index is 13.7. The maximum absolute atomic E-state index is 13.7. The van der Waals surface area contributed by atoms with Gasteiger partial charge in [0.05, 0.1) is 22.8 Å². The summed E-state index contributed by atoms with van der Waals surface area (Å²) in [6.07, 6.45) is 1.53. The van der Waals surface area contributed by atoms with E-state index in [9.17, 15) is 18.4 Å². The fourth-order valence-electron chi connectivity index (χ4n) is 2.87. The molecule has 0 saturated carbocycles. The first-order valence-corrected chi connectivity index (χ1v) is 9.47. The molecule has 158 valence electrons. The van der Waals surface area contributed by atoms with Gasteiger partial charge in [0.2, 0.25) is 0 Å². The zero-order valence-electron chi connectivity index (χ0n) is 17.1. The van der Waals surface area contributed by atoms with Crippen LogP contribution in [0.5, 0.6) is 0 Å². The lowest BCUT2D eigenvalue weighted by atomic mass is 10.1. The van der Waals surface area contributed by atoms with Gasteiger partial charge in [0.25, 0.3) is 5.91 Å². The fraction of sp³-hybridized carbons (Fsp3) is 0.333. The summed E-state index contributed by atoms with van der Waals surface area (Å²) in [6, 6.07) is 4.32. The van der Waals surface area contributed by atoms with E-state index >= 15 is 0 Å². The maximum Gasteiger partial charge on any atom is 0.339 e. The van der Waals surface area contributed by atoms with Crippen LogP contribution in [0, 0.1) is 11.6 Å². The Morgan fingerprint density at radius 1 is 1.17 bits per heavy atom. The zero-order chi connectivity index (χ0) is 22.0. The van der Waals surface area contributed by atoms with E-state index < -0.39 is 30.1 Å². The molecule has 7 nitrogen and oxygen atoms in total. The molecule has 30 heavy (non-hydrogen) atoms. The van der Waals surface area contributed by atoms with Crippen molar-refractivity contribution < 1.29 is 23.1 Å². The molecule has 0 unspecified atom stereocenters. The summed E-state index contributed by atoms with van der Waals surface area (Å²) in [5, 5.41) is 6.99. The highest BCUT2D eigenvalue weighted by Gasteiger charge is 2.21. The smallest absolute Gasteiger partial charge is 0.339 e. The van der Waals surface area contributed by atoms with E-state index in [2.05, 4.69) is 15.4 Å². The molecule has 0 atom stereocenters. The van der Waals surface area contributed by atoms with Crippen LogP contribution in [0.2, 0.25) is 0 Å². The van der Waals surface area contributed by atoms with Crippen LogP contribution < -0.4 is 5.32 Å². The van der Waals surface area contributed by atoms with Gasteiger partial charge in [0.1, 0.15) is 11.6 Å². The highest BCUT2D eigenvalue weighted by Crippen LogP contribution is 2.25. The third kappa shape index (κ3) is 4.45. The Morgan fingerprint density at radius 2 is 1.90 bits per heavy atom. The number of benzene rings is 1. The molecule has 0 spiro atoms. The van der Waals surface area contributed by atoms with Crippen LogP contribution in [0.1, 0.15) is 55.7 Å². The number of esters is 1. The van der Waals surface area contributed by atoms with Gasteiger partial charge in [-0.25, -0.2) is 23.2 Å². The number of ether oxygens (including phenoxy) is 1. The SMILES string of the molecule is CC(C)c1cc(C(=O)OCC(=O)Nc2cc(F)ccc2F)c2cnn(C(C)C)c2n1. The van der Waals surface area contributed by atoms with Crippen molar-refractivity contribution in [2.75, 3.05) is 11.9 Å². The number of nitrogens with zero attached hydrogens (tertiary/aromatic N) is 3. The van der Waals surface area contributed by atoms with Gasteiger partial charge in [0.15, 0.2) is 12.3 Å². The molecule has 2 aromatic heterocycles. The standard InChI is InChI=1S/C21H22F2N4O3/c1-11(2)17-8-14(15-9-24-27(12(3)4)20(15)26-17)21(29)30-10-19(28)25-18-7-13(22)5-6-16(18)23/h5-9,11-12H,10H2,1-4H3,(H,25,28). The largest absolute Gasteiger partial charge is 0.452 e. The van der Waals surface area contributed by atoms with E-state index in [0.29, 0.717) is 16.7 Å². The number of nitrogens with one attached hydrogen (secondary N) is 1. The van der Waals surface area contributed by atoms with Crippen molar-refractivity contribution in [2.45, 2.75) is 39.7 Å². The van der Waals surface area contributed by atoms with Gasteiger partial charge in [-0.3, -0.25) is 4.79 Å². The molecule has 0 radical (unpaired) electrons. The first-order chi connectivity index (χ1) is 14.2. The molecule has 0 aliphatic carbocycles. The Labute approximate surface area is 172 Å². The van der Waals surface area contributed by atoms with Crippen LogP contribution in [0.3, 0.4) is 0 Å². The molecule has 0 aliphatic heterocycles. The Kier molecular flexibility index (Phi) is 6.09. The van der Waals surface area contributed by atoms with Crippen molar-refractivity contribution in [2.24, 2.45) is 0 Å². The van der Waals surface area contributed by atoms with Crippen LogP contribution in [-0.2, 0) is 9.53 Å². The van der Waals surface area contributed by atoms with E-state index in [1.807, 2.05) is 27.7 Å². The molecule has 1 aromatic carbocycles. The number of halogens is 2. The number of hydrogen-bond donors (Lipinski definition) is 1. The number of anilines is 1. The van der Waals surface area contributed by atoms with Crippen LogP contribution in [0.15, 0.2) is 30.5 Å². The van der Waals surface area contributed by atoms with Gasteiger partial charge in [-0.2, -0.15) is 5.10 Å². The number of pyridine rings is 1. The van der Waals surface area contributed by atoms with Crippen molar-refractivity contribution in [3.05, 3.63) is 53.4 Å². The Bertz CT molecular complexity index is 1110. The van der Waals surface area contributed by atoms with Crippen LogP contribution in [-0.4, -0.2) is 33.2 Å². The molecule has 0 fully saturated rings. The van der Waals surface area contributed by atoms with Gasteiger partial charge in [0, 0.05) is 17.8 Å². The monoisotopic (exact) mass is 416 g/mol. The normalized spacial score (nSPS) is 11.3.